The summed E-state index contributed by atoms with van der Waals surface area (Å²) in [7, 11) is -0.685. The molecule has 0 aliphatic heterocycles. The summed E-state index contributed by atoms with van der Waals surface area (Å²) >= 11 is 0. The number of nitrogens with two attached hydrogens (primary N) is 1. The summed E-state index contributed by atoms with van der Waals surface area (Å²) in [4.78, 5) is 0. The van der Waals surface area contributed by atoms with Crippen molar-refractivity contribution in [2.75, 3.05) is 12.8 Å². The van der Waals surface area contributed by atoms with Gasteiger partial charge in [-0.2, -0.15) is 0 Å². The Bertz CT molecular complexity index is 199. The van der Waals surface area contributed by atoms with Gasteiger partial charge in [-0.1, -0.05) is 6.92 Å². The fourth-order valence-electron chi connectivity index (χ4n) is 1.86. The lowest BCUT2D eigenvalue weighted by molar-refractivity contribution is 0.507. The lowest BCUT2D eigenvalue weighted by Gasteiger charge is -2.14. The Morgan fingerprint density at radius 3 is 2.79 bits per heavy atom. The van der Waals surface area contributed by atoms with E-state index in [0.29, 0.717) is 17.3 Å². The van der Waals surface area contributed by atoms with E-state index in [1.54, 1.807) is 6.26 Å². The Labute approximate surface area is 89.3 Å². The molecule has 4 unspecified atom stereocenters. The molecule has 3 nitrogen and oxygen atoms in total. The topological polar surface area (TPSA) is 55.1 Å². The molecule has 0 aromatic rings. The van der Waals surface area contributed by atoms with Crippen molar-refractivity contribution in [3.63, 3.8) is 0 Å². The fourth-order valence-corrected chi connectivity index (χ4v) is 2.31. The average Bonchev–Trinajstić information content (AvgIpc) is 2.51. The van der Waals surface area contributed by atoms with E-state index in [9.17, 15) is 4.21 Å². The van der Waals surface area contributed by atoms with Crippen molar-refractivity contribution in [3.05, 3.63) is 0 Å². The number of hydrogen-bond acceptors (Lipinski definition) is 3. The molecule has 3 N–H and O–H groups in total. The molecule has 0 amide bonds. The standard InChI is InChI=1S/C10H22N2OS/c1-8(14(2)13)5-6-12-10-4-3-9(11)7-10/h8-10,12H,3-7,11H2,1-2H3. The minimum absolute atomic E-state index is 0.303. The van der Waals surface area contributed by atoms with E-state index in [4.69, 9.17) is 5.73 Å². The van der Waals surface area contributed by atoms with Gasteiger partial charge in [0.05, 0.1) is 0 Å². The van der Waals surface area contributed by atoms with Gasteiger partial charge < -0.3 is 11.1 Å². The molecule has 0 spiro atoms. The van der Waals surface area contributed by atoms with Crippen molar-refractivity contribution in [2.24, 2.45) is 5.73 Å². The van der Waals surface area contributed by atoms with Gasteiger partial charge >= 0.3 is 0 Å². The minimum Gasteiger partial charge on any atom is -0.328 e. The molecular weight excluding hydrogens is 196 g/mol. The van der Waals surface area contributed by atoms with Gasteiger partial charge in [-0.25, -0.2) is 0 Å². The molecule has 1 saturated carbocycles. The average molecular weight is 218 g/mol. The predicted octanol–water partition coefficient (Wildman–Crippen LogP) is 0.613. The smallest absolute Gasteiger partial charge is 0.0329 e. The zero-order chi connectivity index (χ0) is 10.6. The predicted molar refractivity (Wildman–Crippen MR) is 61.8 cm³/mol. The van der Waals surface area contributed by atoms with Crippen LogP contribution < -0.4 is 11.1 Å². The first-order valence-electron chi connectivity index (χ1n) is 5.40. The first-order chi connectivity index (χ1) is 6.59. The maximum atomic E-state index is 11.1. The Hall–Kier alpha value is 0.0700. The van der Waals surface area contributed by atoms with Crippen LogP contribution in [0, 0.1) is 0 Å². The second-order valence-corrected chi connectivity index (χ2v) is 6.12. The zero-order valence-corrected chi connectivity index (χ0v) is 9.98. The summed E-state index contributed by atoms with van der Waals surface area (Å²) in [5.74, 6) is 0. The largest absolute Gasteiger partial charge is 0.328 e. The number of nitrogens with one attached hydrogen (secondary N) is 1. The van der Waals surface area contributed by atoms with E-state index in [1.807, 2.05) is 6.92 Å². The second kappa shape index (κ2) is 5.83. The third-order valence-electron chi connectivity index (χ3n) is 3.02. The summed E-state index contributed by atoms with van der Waals surface area (Å²) in [6, 6.07) is 0.993. The van der Waals surface area contributed by atoms with Crippen molar-refractivity contribution in [3.8, 4) is 0 Å². The van der Waals surface area contributed by atoms with Crippen LogP contribution in [0.3, 0.4) is 0 Å². The lowest BCUT2D eigenvalue weighted by atomic mass is 10.2. The highest BCUT2D eigenvalue weighted by Crippen LogP contribution is 2.16. The van der Waals surface area contributed by atoms with Gasteiger partial charge in [-0.3, -0.25) is 4.21 Å². The van der Waals surface area contributed by atoms with Crippen molar-refractivity contribution in [2.45, 2.75) is 49.9 Å². The van der Waals surface area contributed by atoms with Gasteiger partial charge in [0.25, 0.3) is 0 Å². The lowest BCUT2D eigenvalue weighted by Crippen LogP contribution is -2.31. The van der Waals surface area contributed by atoms with Crippen LogP contribution in [0.4, 0.5) is 0 Å². The summed E-state index contributed by atoms with van der Waals surface area (Å²) in [5.41, 5.74) is 5.82. The Morgan fingerprint density at radius 1 is 1.57 bits per heavy atom. The molecule has 84 valence electrons. The van der Waals surface area contributed by atoms with Crippen LogP contribution in [0.25, 0.3) is 0 Å². The Kier molecular flexibility index (Phi) is 5.06. The van der Waals surface area contributed by atoms with Crippen LogP contribution in [-0.2, 0) is 10.8 Å². The minimum atomic E-state index is -0.685. The van der Waals surface area contributed by atoms with Crippen molar-refractivity contribution >= 4 is 10.8 Å². The molecule has 1 fully saturated rings. The molecule has 0 heterocycles. The van der Waals surface area contributed by atoms with Crippen molar-refractivity contribution in [1.29, 1.82) is 0 Å². The maximum Gasteiger partial charge on any atom is 0.0329 e. The van der Waals surface area contributed by atoms with Gasteiger partial charge in [-0.15, -0.1) is 0 Å². The Balaban J connectivity index is 2.07. The molecule has 0 bridgehead atoms. The summed E-state index contributed by atoms with van der Waals surface area (Å²) in [6.45, 7) is 3.01. The molecule has 1 aliphatic rings. The van der Waals surface area contributed by atoms with Gasteiger partial charge in [-0.05, 0) is 32.2 Å². The van der Waals surface area contributed by atoms with Gasteiger partial charge in [0.2, 0.25) is 0 Å². The summed E-state index contributed by atoms with van der Waals surface area (Å²) in [5, 5.41) is 3.79. The molecule has 1 rings (SSSR count). The summed E-state index contributed by atoms with van der Waals surface area (Å²) in [6.07, 6.45) is 6.21. The highest BCUT2D eigenvalue weighted by Gasteiger charge is 2.20. The molecule has 4 atom stereocenters. The first-order valence-corrected chi connectivity index (χ1v) is 7.03. The quantitative estimate of drug-likeness (QED) is 0.711. The molecule has 0 radical (unpaired) electrons. The van der Waals surface area contributed by atoms with Gasteiger partial charge in [0.15, 0.2) is 0 Å². The normalized spacial score (nSPS) is 31.6. The van der Waals surface area contributed by atoms with E-state index < -0.39 is 10.8 Å². The highest BCUT2D eigenvalue weighted by molar-refractivity contribution is 7.84. The van der Waals surface area contributed by atoms with Crippen molar-refractivity contribution < 1.29 is 4.21 Å². The van der Waals surface area contributed by atoms with Crippen LogP contribution in [0.1, 0.15) is 32.6 Å². The van der Waals surface area contributed by atoms with Crippen LogP contribution in [0.5, 0.6) is 0 Å². The van der Waals surface area contributed by atoms with Gasteiger partial charge in [0, 0.05) is 34.4 Å². The maximum absolute atomic E-state index is 11.1. The van der Waals surface area contributed by atoms with Crippen LogP contribution in [0.15, 0.2) is 0 Å². The zero-order valence-electron chi connectivity index (χ0n) is 9.16. The molecule has 1 aliphatic carbocycles. The van der Waals surface area contributed by atoms with E-state index in [0.717, 1.165) is 25.8 Å². The third-order valence-corrected chi connectivity index (χ3v) is 4.39. The molecule has 14 heavy (non-hydrogen) atoms. The third kappa shape index (κ3) is 4.07. The molecule has 0 aromatic heterocycles. The number of hydrogen-bond donors (Lipinski definition) is 2. The van der Waals surface area contributed by atoms with Gasteiger partial charge in [0.1, 0.15) is 0 Å². The number of rotatable bonds is 5. The molecular formula is C10H22N2OS. The van der Waals surface area contributed by atoms with Crippen molar-refractivity contribution in [1.82, 2.24) is 5.32 Å². The van der Waals surface area contributed by atoms with E-state index in [2.05, 4.69) is 5.32 Å². The van der Waals surface area contributed by atoms with Crippen LogP contribution in [0.2, 0.25) is 0 Å². The second-order valence-electron chi connectivity index (χ2n) is 4.32. The van der Waals surface area contributed by atoms with E-state index >= 15 is 0 Å². The van der Waals surface area contributed by atoms with Crippen LogP contribution in [-0.4, -0.2) is 34.3 Å². The summed E-state index contributed by atoms with van der Waals surface area (Å²) < 4.78 is 11.1. The highest BCUT2D eigenvalue weighted by atomic mass is 32.2. The fraction of sp³-hybridized carbons (Fsp3) is 1.00. The SMILES string of the molecule is CC(CCNC1CCC(N)C1)S(C)=O. The van der Waals surface area contributed by atoms with E-state index in [-0.39, 0.29) is 0 Å². The molecule has 0 saturated heterocycles. The van der Waals surface area contributed by atoms with E-state index in [1.165, 1.54) is 6.42 Å². The molecule has 4 heteroatoms. The molecule has 0 aromatic carbocycles. The first kappa shape index (κ1) is 12.1. The monoisotopic (exact) mass is 218 g/mol. The van der Waals surface area contributed by atoms with Crippen LogP contribution >= 0.6 is 0 Å². The Morgan fingerprint density at radius 2 is 2.29 bits per heavy atom.